The number of hydrogen-bond acceptors (Lipinski definition) is 3. The van der Waals surface area contributed by atoms with Gasteiger partial charge in [0.25, 0.3) is 5.91 Å². The summed E-state index contributed by atoms with van der Waals surface area (Å²) in [7, 11) is 0. The Kier molecular flexibility index (Phi) is 6.35. The Bertz CT molecular complexity index is 801. The third-order valence-electron chi connectivity index (χ3n) is 4.72. The Morgan fingerprint density at radius 2 is 1.81 bits per heavy atom. The van der Waals surface area contributed by atoms with E-state index in [4.69, 9.17) is 11.6 Å². The highest BCUT2D eigenvalue weighted by atomic mass is 35.5. The third-order valence-corrected chi connectivity index (χ3v) is 4.96. The predicted molar refractivity (Wildman–Crippen MR) is 110 cm³/mol. The maximum Gasteiger partial charge on any atom is 0.251 e. The quantitative estimate of drug-likeness (QED) is 0.824. The molecule has 1 heterocycles. The molecular formula is C21H24ClN3O2. The van der Waals surface area contributed by atoms with Crippen molar-refractivity contribution in [2.75, 3.05) is 36.0 Å². The molecule has 0 radical (unpaired) electrons. The molecule has 0 atom stereocenters. The molecule has 1 fully saturated rings. The lowest BCUT2D eigenvalue weighted by Crippen LogP contribution is -2.37. The first-order valence-electron chi connectivity index (χ1n) is 9.21. The van der Waals surface area contributed by atoms with Crippen molar-refractivity contribution in [1.29, 1.82) is 0 Å². The Hall–Kier alpha value is -2.53. The molecule has 1 N–H and O–H groups in total. The standard InChI is InChI=1S/C21H24ClN3O2/c1-16(26)25(14-11-23-21(27)17-5-4-6-18(22)15-17)20-9-7-19(8-10-20)24-12-2-3-13-24/h4-10,15H,2-3,11-14H2,1H3,(H,23,27). The topological polar surface area (TPSA) is 52.7 Å². The van der Waals surface area contributed by atoms with Crippen molar-refractivity contribution in [2.45, 2.75) is 19.8 Å². The number of anilines is 2. The first kappa shape index (κ1) is 19.2. The highest BCUT2D eigenvalue weighted by Gasteiger charge is 2.15. The maximum atomic E-state index is 12.2. The van der Waals surface area contributed by atoms with Gasteiger partial charge in [-0.3, -0.25) is 9.59 Å². The molecule has 0 saturated carbocycles. The summed E-state index contributed by atoms with van der Waals surface area (Å²) in [5.74, 6) is -0.258. The van der Waals surface area contributed by atoms with Gasteiger partial charge in [-0.15, -0.1) is 0 Å². The van der Waals surface area contributed by atoms with Gasteiger partial charge < -0.3 is 15.1 Å². The van der Waals surface area contributed by atoms with Crippen LogP contribution in [-0.4, -0.2) is 38.0 Å². The monoisotopic (exact) mass is 385 g/mol. The largest absolute Gasteiger partial charge is 0.372 e. The van der Waals surface area contributed by atoms with Crippen LogP contribution in [0.1, 0.15) is 30.1 Å². The van der Waals surface area contributed by atoms with Crippen LogP contribution in [0.25, 0.3) is 0 Å². The maximum absolute atomic E-state index is 12.2. The number of nitrogens with zero attached hydrogens (tertiary/aromatic N) is 2. The van der Waals surface area contributed by atoms with E-state index in [9.17, 15) is 9.59 Å². The highest BCUT2D eigenvalue weighted by Crippen LogP contribution is 2.24. The number of halogens is 1. The zero-order valence-electron chi connectivity index (χ0n) is 15.5. The fourth-order valence-corrected chi connectivity index (χ4v) is 3.49. The zero-order valence-corrected chi connectivity index (χ0v) is 16.2. The second kappa shape index (κ2) is 8.91. The molecule has 1 aliphatic rings. The van der Waals surface area contributed by atoms with Crippen LogP contribution in [0, 0.1) is 0 Å². The van der Waals surface area contributed by atoms with Gasteiger partial charge in [-0.25, -0.2) is 0 Å². The van der Waals surface area contributed by atoms with E-state index >= 15 is 0 Å². The van der Waals surface area contributed by atoms with Crippen molar-refractivity contribution in [2.24, 2.45) is 0 Å². The van der Waals surface area contributed by atoms with Crippen LogP contribution in [0.3, 0.4) is 0 Å². The average Bonchev–Trinajstić information content (AvgIpc) is 3.20. The summed E-state index contributed by atoms with van der Waals surface area (Å²) in [6.07, 6.45) is 2.46. The molecule has 2 aromatic carbocycles. The number of nitrogens with one attached hydrogen (secondary N) is 1. The van der Waals surface area contributed by atoms with Gasteiger partial charge in [-0.1, -0.05) is 17.7 Å². The Morgan fingerprint density at radius 1 is 1.11 bits per heavy atom. The molecule has 27 heavy (non-hydrogen) atoms. The lowest BCUT2D eigenvalue weighted by atomic mass is 10.2. The number of carbonyl (C=O) groups is 2. The van der Waals surface area contributed by atoms with Crippen LogP contribution in [0.2, 0.25) is 5.02 Å². The van der Waals surface area contributed by atoms with Gasteiger partial charge in [0.05, 0.1) is 0 Å². The van der Waals surface area contributed by atoms with Gasteiger partial charge in [0, 0.05) is 55.1 Å². The SMILES string of the molecule is CC(=O)N(CCNC(=O)c1cccc(Cl)c1)c1ccc(N2CCCC2)cc1. The Labute approximate surface area is 164 Å². The van der Waals surface area contributed by atoms with Crippen molar-refractivity contribution in [3.63, 3.8) is 0 Å². The Balaban J connectivity index is 1.59. The minimum Gasteiger partial charge on any atom is -0.372 e. The number of amides is 2. The fourth-order valence-electron chi connectivity index (χ4n) is 3.30. The summed E-state index contributed by atoms with van der Waals surface area (Å²) in [5.41, 5.74) is 2.53. The molecule has 0 aliphatic carbocycles. The summed E-state index contributed by atoms with van der Waals surface area (Å²) in [6.45, 7) is 4.48. The van der Waals surface area contributed by atoms with E-state index in [1.807, 2.05) is 12.1 Å². The van der Waals surface area contributed by atoms with Gasteiger partial charge in [-0.05, 0) is 55.3 Å². The lowest BCUT2D eigenvalue weighted by Gasteiger charge is -2.23. The van der Waals surface area contributed by atoms with E-state index in [1.54, 1.807) is 29.2 Å². The second-order valence-corrected chi connectivity index (χ2v) is 7.08. The second-order valence-electron chi connectivity index (χ2n) is 6.65. The molecule has 0 unspecified atom stereocenters. The van der Waals surface area contributed by atoms with Crippen LogP contribution in [0.5, 0.6) is 0 Å². The number of rotatable bonds is 6. The molecule has 2 amide bonds. The molecular weight excluding hydrogens is 362 g/mol. The van der Waals surface area contributed by atoms with Gasteiger partial charge >= 0.3 is 0 Å². The van der Waals surface area contributed by atoms with Crippen molar-refractivity contribution >= 4 is 34.8 Å². The molecule has 3 rings (SSSR count). The van der Waals surface area contributed by atoms with Crippen molar-refractivity contribution < 1.29 is 9.59 Å². The lowest BCUT2D eigenvalue weighted by molar-refractivity contribution is -0.116. The van der Waals surface area contributed by atoms with Crippen molar-refractivity contribution in [3.05, 3.63) is 59.1 Å². The van der Waals surface area contributed by atoms with E-state index in [1.165, 1.54) is 25.5 Å². The van der Waals surface area contributed by atoms with Crippen molar-refractivity contribution in [3.8, 4) is 0 Å². The number of carbonyl (C=O) groups excluding carboxylic acids is 2. The highest BCUT2D eigenvalue weighted by molar-refractivity contribution is 6.30. The van der Waals surface area contributed by atoms with Crippen LogP contribution < -0.4 is 15.1 Å². The van der Waals surface area contributed by atoms with E-state index in [0.717, 1.165) is 18.8 Å². The fraction of sp³-hybridized carbons (Fsp3) is 0.333. The van der Waals surface area contributed by atoms with E-state index < -0.39 is 0 Å². The molecule has 6 heteroatoms. The molecule has 1 aliphatic heterocycles. The number of hydrogen-bond donors (Lipinski definition) is 1. The normalized spacial score (nSPS) is 13.5. The molecule has 1 saturated heterocycles. The van der Waals surface area contributed by atoms with Crippen LogP contribution >= 0.6 is 11.6 Å². The molecule has 5 nitrogen and oxygen atoms in total. The summed E-state index contributed by atoms with van der Waals surface area (Å²) in [4.78, 5) is 28.3. The first-order valence-corrected chi connectivity index (χ1v) is 9.59. The molecule has 142 valence electrons. The number of benzene rings is 2. The third kappa shape index (κ3) is 5.01. The average molecular weight is 386 g/mol. The van der Waals surface area contributed by atoms with E-state index in [-0.39, 0.29) is 11.8 Å². The summed E-state index contributed by atoms with van der Waals surface area (Å²) in [5, 5.41) is 3.36. The smallest absolute Gasteiger partial charge is 0.251 e. The molecule has 2 aromatic rings. The van der Waals surface area contributed by atoms with E-state index in [0.29, 0.717) is 23.7 Å². The minimum absolute atomic E-state index is 0.0547. The van der Waals surface area contributed by atoms with Gasteiger partial charge in [0.1, 0.15) is 0 Å². The summed E-state index contributed by atoms with van der Waals surface area (Å²) >= 11 is 5.92. The molecule has 0 aromatic heterocycles. The predicted octanol–water partition coefficient (Wildman–Crippen LogP) is 3.72. The van der Waals surface area contributed by atoms with Gasteiger partial charge in [-0.2, -0.15) is 0 Å². The Morgan fingerprint density at radius 3 is 2.44 bits per heavy atom. The van der Waals surface area contributed by atoms with E-state index in [2.05, 4.69) is 22.3 Å². The zero-order chi connectivity index (χ0) is 19.2. The molecule has 0 bridgehead atoms. The molecule has 0 spiro atoms. The van der Waals surface area contributed by atoms with Crippen LogP contribution in [0.4, 0.5) is 11.4 Å². The van der Waals surface area contributed by atoms with Crippen LogP contribution in [-0.2, 0) is 4.79 Å². The van der Waals surface area contributed by atoms with Gasteiger partial charge in [0.2, 0.25) is 5.91 Å². The first-order chi connectivity index (χ1) is 13.0. The van der Waals surface area contributed by atoms with Gasteiger partial charge in [0.15, 0.2) is 0 Å². The summed E-state index contributed by atoms with van der Waals surface area (Å²) < 4.78 is 0. The summed E-state index contributed by atoms with van der Waals surface area (Å²) in [6, 6.07) is 14.8. The minimum atomic E-state index is -0.203. The van der Waals surface area contributed by atoms with Crippen LogP contribution in [0.15, 0.2) is 48.5 Å². The van der Waals surface area contributed by atoms with Crippen molar-refractivity contribution in [1.82, 2.24) is 5.32 Å².